The van der Waals surface area contributed by atoms with Crippen LogP contribution in [0.5, 0.6) is 5.75 Å². The lowest BCUT2D eigenvalue weighted by Gasteiger charge is -2.07. The van der Waals surface area contributed by atoms with E-state index < -0.39 is 0 Å². The summed E-state index contributed by atoms with van der Waals surface area (Å²) in [6, 6.07) is 7.07. The third-order valence-electron chi connectivity index (χ3n) is 2.59. The zero-order chi connectivity index (χ0) is 14.2. The lowest BCUT2D eigenvalue weighted by molar-refractivity contribution is 0.313. The third-order valence-corrected chi connectivity index (χ3v) is 3.37. The van der Waals surface area contributed by atoms with Crippen molar-refractivity contribution in [1.29, 1.82) is 0 Å². The number of thiazole rings is 1. The quantitative estimate of drug-likeness (QED) is 0.236. The fourth-order valence-corrected chi connectivity index (χ4v) is 2.13. The summed E-state index contributed by atoms with van der Waals surface area (Å²) in [5.74, 6) is 0.835. The third kappa shape index (κ3) is 4.22. The Morgan fingerprint density at radius 3 is 2.85 bits per heavy atom. The van der Waals surface area contributed by atoms with Gasteiger partial charge in [0.1, 0.15) is 12.4 Å². The summed E-state index contributed by atoms with van der Waals surface area (Å²) in [4.78, 5) is 5.21. The van der Waals surface area contributed by atoms with Crippen molar-refractivity contribution in [2.75, 3.05) is 13.2 Å². The Bertz CT molecular complexity index is 540. The van der Waals surface area contributed by atoms with Gasteiger partial charge in [0, 0.05) is 29.7 Å². The van der Waals surface area contributed by atoms with E-state index in [4.69, 9.17) is 15.7 Å². The minimum absolute atomic E-state index is 0.0859. The van der Waals surface area contributed by atoms with E-state index in [0.29, 0.717) is 12.2 Å². The molecule has 0 unspecified atom stereocenters. The number of hydrogen-bond acceptors (Lipinski definition) is 6. The second kappa shape index (κ2) is 7.46. The molecule has 1 heterocycles. The second-order valence-corrected chi connectivity index (χ2v) is 4.97. The molecule has 0 aliphatic carbocycles. The highest BCUT2D eigenvalue weighted by molar-refractivity contribution is 7.09. The Morgan fingerprint density at radius 1 is 1.40 bits per heavy atom. The largest absolute Gasteiger partial charge is 0.492 e. The fourth-order valence-electron chi connectivity index (χ4n) is 1.56. The van der Waals surface area contributed by atoms with Crippen LogP contribution in [0.1, 0.15) is 10.4 Å². The van der Waals surface area contributed by atoms with Crippen molar-refractivity contribution in [3.05, 3.63) is 46.4 Å². The van der Waals surface area contributed by atoms with Crippen LogP contribution in [-0.4, -0.2) is 29.2 Å². The summed E-state index contributed by atoms with van der Waals surface area (Å²) < 4.78 is 5.58. The lowest BCUT2D eigenvalue weighted by Crippen LogP contribution is -2.20. The van der Waals surface area contributed by atoms with Crippen LogP contribution >= 0.6 is 11.3 Å². The van der Waals surface area contributed by atoms with E-state index in [9.17, 15) is 0 Å². The van der Waals surface area contributed by atoms with Gasteiger partial charge in [0.25, 0.3) is 0 Å². The highest BCUT2D eigenvalue weighted by Crippen LogP contribution is 2.11. The highest BCUT2D eigenvalue weighted by atomic mass is 32.1. The van der Waals surface area contributed by atoms with Crippen LogP contribution in [0.25, 0.3) is 0 Å². The Hall–Kier alpha value is -2.12. The van der Waals surface area contributed by atoms with Gasteiger partial charge >= 0.3 is 0 Å². The topological polar surface area (TPSA) is 92.8 Å². The molecule has 2 aromatic rings. The van der Waals surface area contributed by atoms with Crippen molar-refractivity contribution in [2.45, 2.75) is 6.54 Å². The number of nitrogens with two attached hydrogens (primary N) is 1. The molecule has 2 rings (SSSR count). The zero-order valence-electron chi connectivity index (χ0n) is 10.8. The normalized spacial score (nSPS) is 11.5. The van der Waals surface area contributed by atoms with Gasteiger partial charge in [-0.3, -0.25) is 4.98 Å². The zero-order valence-corrected chi connectivity index (χ0v) is 11.6. The molecular weight excluding hydrogens is 276 g/mol. The number of oxime groups is 1. The van der Waals surface area contributed by atoms with Crippen LogP contribution in [0.4, 0.5) is 0 Å². The predicted octanol–water partition coefficient (Wildman–Crippen LogP) is 1.41. The first kappa shape index (κ1) is 14.3. The van der Waals surface area contributed by atoms with Crippen molar-refractivity contribution < 1.29 is 9.94 Å². The summed E-state index contributed by atoms with van der Waals surface area (Å²) in [6.45, 7) is 2.12. The van der Waals surface area contributed by atoms with E-state index in [0.717, 1.165) is 18.8 Å². The predicted molar refractivity (Wildman–Crippen MR) is 78.3 cm³/mol. The van der Waals surface area contributed by atoms with Gasteiger partial charge < -0.3 is 21.0 Å². The van der Waals surface area contributed by atoms with Gasteiger partial charge in [-0.25, -0.2) is 0 Å². The number of ether oxygens (including phenoxy) is 1. The van der Waals surface area contributed by atoms with Crippen molar-refractivity contribution >= 4 is 17.2 Å². The molecule has 0 aliphatic heterocycles. The van der Waals surface area contributed by atoms with Gasteiger partial charge in [0.05, 0.1) is 5.51 Å². The smallest absolute Gasteiger partial charge is 0.170 e. The van der Waals surface area contributed by atoms with Crippen molar-refractivity contribution in [3.8, 4) is 5.75 Å². The van der Waals surface area contributed by atoms with Gasteiger partial charge in [0.15, 0.2) is 5.84 Å². The maximum absolute atomic E-state index is 8.56. The van der Waals surface area contributed by atoms with E-state index in [-0.39, 0.29) is 5.84 Å². The number of nitrogens with zero attached hydrogens (tertiary/aromatic N) is 2. The minimum Gasteiger partial charge on any atom is -0.492 e. The fraction of sp³-hybridized carbons (Fsp3) is 0.231. The van der Waals surface area contributed by atoms with E-state index in [1.165, 1.54) is 4.88 Å². The van der Waals surface area contributed by atoms with Crippen molar-refractivity contribution in [3.63, 3.8) is 0 Å². The molecule has 0 spiro atoms. The van der Waals surface area contributed by atoms with Gasteiger partial charge in [0.2, 0.25) is 0 Å². The van der Waals surface area contributed by atoms with Gasteiger partial charge in [-0.2, -0.15) is 0 Å². The number of nitrogens with one attached hydrogen (secondary N) is 1. The summed E-state index contributed by atoms with van der Waals surface area (Å²) >= 11 is 1.63. The molecule has 4 N–H and O–H groups in total. The average molecular weight is 292 g/mol. The molecule has 7 heteroatoms. The first-order chi connectivity index (χ1) is 9.79. The summed E-state index contributed by atoms with van der Waals surface area (Å²) in [5, 5.41) is 14.8. The molecule has 0 fully saturated rings. The molecule has 0 amide bonds. The SMILES string of the molecule is N/C(=N/O)c1ccc(OCCNCc2cncs2)cc1. The van der Waals surface area contributed by atoms with Gasteiger partial charge in [-0.1, -0.05) is 5.16 Å². The molecular formula is C13H16N4O2S. The van der Waals surface area contributed by atoms with Crippen molar-refractivity contribution in [2.24, 2.45) is 10.9 Å². The summed E-state index contributed by atoms with van der Waals surface area (Å²) in [7, 11) is 0. The molecule has 20 heavy (non-hydrogen) atoms. The van der Waals surface area contributed by atoms with Crippen LogP contribution in [0.3, 0.4) is 0 Å². The van der Waals surface area contributed by atoms with E-state index in [2.05, 4.69) is 15.5 Å². The van der Waals surface area contributed by atoms with E-state index in [1.807, 2.05) is 11.7 Å². The summed E-state index contributed by atoms with van der Waals surface area (Å²) in [5.41, 5.74) is 7.95. The van der Waals surface area contributed by atoms with Gasteiger partial charge in [-0.15, -0.1) is 11.3 Å². The highest BCUT2D eigenvalue weighted by Gasteiger charge is 2.00. The molecule has 106 valence electrons. The Balaban J connectivity index is 1.69. The van der Waals surface area contributed by atoms with Crippen LogP contribution in [-0.2, 0) is 6.54 Å². The van der Waals surface area contributed by atoms with Crippen LogP contribution in [0.15, 0.2) is 41.1 Å². The number of hydrogen-bond donors (Lipinski definition) is 3. The van der Waals surface area contributed by atoms with Crippen LogP contribution in [0.2, 0.25) is 0 Å². The van der Waals surface area contributed by atoms with E-state index >= 15 is 0 Å². The molecule has 0 radical (unpaired) electrons. The first-order valence-electron chi connectivity index (χ1n) is 6.08. The molecule has 1 aromatic carbocycles. The van der Waals surface area contributed by atoms with Crippen LogP contribution in [0, 0.1) is 0 Å². The molecule has 0 saturated carbocycles. The van der Waals surface area contributed by atoms with Gasteiger partial charge in [-0.05, 0) is 24.3 Å². The molecule has 0 aliphatic rings. The van der Waals surface area contributed by atoms with Crippen molar-refractivity contribution in [1.82, 2.24) is 10.3 Å². The Kier molecular flexibility index (Phi) is 5.33. The molecule has 6 nitrogen and oxygen atoms in total. The second-order valence-electron chi connectivity index (χ2n) is 4.00. The number of amidine groups is 1. The number of rotatable bonds is 7. The Morgan fingerprint density at radius 2 is 2.20 bits per heavy atom. The first-order valence-corrected chi connectivity index (χ1v) is 6.96. The standard InChI is InChI=1S/C13H16N4O2S/c14-13(17-18)10-1-3-11(4-2-10)19-6-5-15-7-12-8-16-9-20-12/h1-4,8-9,15,18H,5-7H2,(H2,14,17). The monoisotopic (exact) mass is 292 g/mol. The minimum atomic E-state index is 0.0859. The lowest BCUT2D eigenvalue weighted by atomic mass is 10.2. The van der Waals surface area contributed by atoms with E-state index in [1.54, 1.807) is 35.6 Å². The Labute approximate surface area is 120 Å². The molecule has 1 aromatic heterocycles. The average Bonchev–Trinajstić information content (AvgIpc) is 3.00. The van der Waals surface area contributed by atoms with Crippen LogP contribution < -0.4 is 15.8 Å². The number of aromatic nitrogens is 1. The molecule has 0 bridgehead atoms. The molecule has 0 atom stereocenters. The maximum atomic E-state index is 8.56. The summed E-state index contributed by atoms with van der Waals surface area (Å²) in [6.07, 6.45) is 1.85. The number of benzene rings is 1. The molecule has 0 saturated heterocycles. The maximum Gasteiger partial charge on any atom is 0.170 e.